The smallest absolute Gasteiger partial charge is 0.260 e. The van der Waals surface area contributed by atoms with Crippen molar-refractivity contribution in [3.8, 4) is 0 Å². The molecule has 8 heteroatoms. The highest BCUT2D eigenvalue weighted by atomic mass is 32.2. The van der Waals surface area contributed by atoms with Crippen molar-refractivity contribution in [1.82, 2.24) is 19.6 Å². The molecule has 1 aromatic heterocycles. The number of nitrogens with one attached hydrogen (secondary N) is 2. The van der Waals surface area contributed by atoms with Crippen molar-refractivity contribution < 1.29 is 13.2 Å². The lowest BCUT2D eigenvalue weighted by atomic mass is 10.2. The number of aromatic amines is 1. The highest BCUT2D eigenvalue weighted by Gasteiger charge is 2.37. The third-order valence-electron chi connectivity index (χ3n) is 3.60. The first-order valence-electron chi connectivity index (χ1n) is 7.22. The van der Waals surface area contributed by atoms with Gasteiger partial charge in [-0.15, -0.1) is 0 Å². The van der Waals surface area contributed by atoms with E-state index in [2.05, 4.69) is 15.3 Å². The van der Waals surface area contributed by atoms with Crippen molar-refractivity contribution in [2.45, 2.75) is 50.6 Å². The van der Waals surface area contributed by atoms with Crippen LogP contribution in [0.25, 0.3) is 0 Å². The van der Waals surface area contributed by atoms with Gasteiger partial charge in [0.15, 0.2) is 5.03 Å². The van der Waals surface area contributed by atoms with Crippen LogP contribution < -0.4 is 5.32 Å². The van der Waals surface area contributed by atoms with E-state index < -0.39 is 16.1 Å². The number of rotatable bonds is 4. The number of carbonyl (C=O) groups is 1. The SMILES string of the molecule is CC[C@@H]1C(=O)NCCCN1S(=O)(=O)c1cnc(C(C)C)[nH]1. The van der Waals surface area contributed by atoms with Gasteiger partial charge in [-0.1, -0.05) is 20.8 Å². The summed E-state index contributed by atoms with van der Waals surface area (Å²) >= 11 is 0. The van der Waals surface area contributed by atoms with Gasteiger partial charge in [0, 0.05) is 19.0 Å². The molecule has 0 aliphatic carbocycles. The molecule has 1 aliphatic heterocycles. The van der Waals surface area contributed by atoms with E-state index in [0.29, 0.717) is 31.8 Å². The van der Waals surface area contributed by atoms with Crippen molar-refractivity contribution in [1.29, 1.82) is 0 Å². The predicted molar refractivity (Wildman–Crippen MR) is 78.3 cm³/mol. The molecule has 2 heterocycles. The molecule has 1 aromatic rings. The zero-order valence-electron chi connectivity index (χ0n) is 12.6. The first kappa shape index (κ1) is 16.0. The van der Waals surface area contributed by atoms with Crippen LogP contribution in [0.1, 0.15) is 45.4 Å². The molecule has 21 heavy (non-hydrogen) atoms. The molecule has 0 radical (unpaired) electrons. The third-order valence-corrected chi connectivity index (χ3v) is 5.41. The topological polar surface area (TPSA) is 95.2 Å². The van der Waals surface area contributed by atoms with Crippen molar-refractivity contribution in [3.63, 3.8) is 0 Å². The van der Waals surface area contributed by atoms with Crippen molar-refractivity contribution >= 4 is 15.9 Å². The zero-order valence-corrected chi connectivity index (χ0v) is 13.4. The van der Waals surface area contributed by atoms with Crippen LogP contribution in [0.15, 0.2) is 11.2 Å². The van der Waals surface area contributed by atoms with Gasteiger partial charge in [0.1, 0.15) is 11.9 Å². The molecule has 2 rings (SSSR count). The Hall–Kier alpha value is -1.41. The van der Waals surface area contributed by atoms with Gasteiger partial charge in [-0.25, -0.2) is 13.4 Å². The van der Waals surface area contributed by atoms with E-state index in [4.69, 9.17) is 0 Å². The summed E-state index contributed by atoms with van der Waals surface area (Å²) in [5, 5.41) is 2.81. The van der Waals surface area contributed by atoms with E-state index >= 15 is 0 Å². The van der Waals surface area contributed by atoms with E-state index in [1.165, 1.54) is 10.5 Å². The second kappa shape index (κ2) is 6.15. The lowest BCUT2D eigenvalue weighted by Crippen LogP contribution is -2.46. The molecule has 1 amide bonds. The Kier molecular flexibility index (Phi) is 4.67. The van der Waals surface area contributed by atoms with E-state index in [1.54, 1.807) is 0 Å². The second-order valence-electron chi connectivity index (χ2n) is 5.47. The molecule has 0 saturated carbocycles. The zero-order chi connectivity index (χ0) is 15.6. The summed E-state index contributed by atoms with van der Waals surface area (Å²) in [7, 11) is -3.74. The summed E-state index contributed by atoms with van der Waals surface area (Å²) in [5.41, 5.74) is 0. The first-order valence-corrected chi connectivity index (χ1v) is 8.66. The largest absolute Gasteiger partial charge is 0.355 e. The van der Waals surface area contributed by atoms with Gasteiger partial charge in [0.2, 0.25) is 5.91 Å². The van der Waals surface area contributed by atoms with E-state index in [1.807, 2.05) is 20.8 Å². The summed E-state index contributed by atoms with van der Waals surface area (Å²) in [6.45, 7) is 6.51. The minimum absolute atomic E-state index is 0.0550. The highest BCUT2D eigenvalue weighted by Crippen LogP contribution is 2.21. The summed E-state index contributed by atoms with van der Waals surface area (Å²) in [5.74, 6) is 0.506. The molecular weight excluding hydrogens is 292 g/mol. The van der Waals surface area contributed by atoms with Crippen LogP contribution in [0, 0.1) is 0 Å². The molecule has 118 valence electrons. The maximum atomic E-state index is 12.8. The molecule has 0 bridgehead atoms. The number of hydrogen-bond donors (Lipinski definition) is 2. The fourth-order valence-corrected chi connectivity index (χ4v) is 4.02. The monoisotopic (exact) mass is 314 g/mol. The van der Waals surface area contributed by atoms with Gasteiger partial charge >= 0.3 is 0 Å². The van der Waals surface area contributed by atoms with Gasteiger partial charge in [0.05, 0.1) is 6.20 Å². The molecule has 1 aliphatic rings. The molecule has 0 unspecified atom stereocenters. The first-order chi connectivity index (χ1) is 9.87. The van der Waals surface area contributed by atoms with Gasteiger partial charge in [-0.2, -0.15) is 4.31 Å². The molecule has 1 atom stereocenters. The molecular formula is C13H22N4O3S. The number of amides is 1. The Morgan fingerprint density at radius 3 is 2.76 bits per heavy atom. The standard InChI is InChI=1S/C13H22N4O3S/c1-4-10-13(18)14-6-5-7-17(10)21(19,20)11-8-15-12(16-11)9(2)3/h8-10H,4-7H2,1-3H3,(H,14,18)(H,15,16)/t10-/m1/s1. The molecule has 0 spiro atoms. The number of aromatic nitrogens is 2. The van der Waals surface area contributed by atoms with Crippen LogP contribution in [0.4, 0.5) is 0 Å². The molecule has 0 aromatic carbocycles. The summed E-state index contributed by atoms with van der Waals surface area (Å²) in [6, 6.07) is -0.664. The average molecular weight is 314 g/mol. The lowest BCUT2D eigenvalue weighted by Gasteiger charge is -2.25. The molecule has 2 N–H and O–H groups in total. The highest BCUT2D eigenvalue weighted by molar-refractivity contribution is 7.89. The number of imidazole rings is 1. The number of carbonyl (C=O) groups excluding carboxylic acids is 1. The van der Waals surface area contributed by atoms with Crippen LogP contribution in [0.5, 0.6) is 0 Å². The normalized spacial score (nSPS) is 21.3. The predicted octanol–water partition coefficient (Wildman–Crippen LogP) is 0.822. The van der Waals surface area contributed by atoms with Crippen LogP contribution in [0.3, 0.4) is 0 Å². The number of nitrogens with zero attached hydrogens (tertiary/aromatic N) is 2. The average Bonchev–Trinajstić information content (AvgIpc) is 2.85. The molecule has 1 saturated heterocycles. The van der Waals surface area contributed by atoms with Crippen LogP contribution >= 0.6 is 0 Å². The summed E-state index contributed by atoms with van der Waals surface area (Å²) < 4.78 is 26.8. The second-order valence-corrected chi connectivity index (χ2v) is 7.33. The van der Waals surface area contributed by atoms with Crippen LogP contribution in [-0.2, 0) is 14.8 Å². The number of H-pyrrole nitrogens is 1. The fourth-order valence-electron chi connectivity index (χ4n) is 2.40. The van der Waals surface area contributed by atoms with Gasteiger partial charge in [-0.3, -0.25) is 4.79 Å². The minimum Gasteiger partial charge on any atom is -0.355 e. The van der Waals surface area contributed by atoms with Crippen molar-refractivity contribution in [3.05, 3.63) is 12.0 Å². The quantitative estimate of drug-likeness (QED) is 0.860. The maximum absolute atomic E-state index is 12.8. The Balaban J connectivity index is 2.37. The molecule has 7 nitrogen and oxygen atoms in total. The fraction of sp³-hybridized carbons (Fsp3) is 0.692. The Labute approximate surface area is 125 Å². The Morgan fingerprint density at radius 1 is 1.48 bits per heavy atom. The number of hydrogen-bond acceptors (Lipinski definition) is 4. The van der Waals surface area contributed by atoms with Gasteiger partial charge < -0.3 is 10.3 Å². The van der Waals surface area contributed by atoms with Crippen molar-refractivity contribution in [2.24, 2.45) is 0 Å². The number of sulfonamides is 1. The Morgan fingerprint density at radius 2 is 2.19 bits per heavy atom. The van der Waals surface area contributed by atoms with Crippen LogP contribution in [0.2, 0.25) is 0 Å². The van der Waals surface area contributed by atoms with E-state index in [9.17, 15) is 13.2 Å². The maximum Gasteiger partial charge on any atom is 0.260 e. The minimum atomic E-state index is -3.74. The van der Waals surface area contributed by atoms with Gasteiger partial charge in [0.25, 0.3) is 10.0 Å². The Bertz CT molecular complexity index is 609. The third kappa shape index (κ3) is 3.11. The van der Waals surface area contributed by atoms with E-state index in [-0.39, 0.29) is 16.9 Å². The molecule has 1 fully saturated rings. The summed E-state index contributed by atoms with van der Waals surface area (Å²) in [6.07, 6.45) is 2.38. The van der Waals surface area contributed by atoms with Gasteiger partial charge in [-0.05, 0) is 12.8 Å². The van der Waals surface area contributed by atoms with Crippen LogP contribution in [-0.4, -0.2) is 47.7 Å². The van der Waals surface area contributed by atoms with E-state index in [0.717, 1.165) is 0 Å². The summed E-state index contributed by atoms with van der Waals surface area (Å²) in [4.78, 5) is 19.0. The van der Waals surface area contributed by atoms with Crippen molar-refractivity contribution in [2.75, 3.05) is 13.1 Å². The lowest BCUT2D eigenvalue weighted by molar-refractivity contribution is -0.124.